The number of ether oxygens (including phenoxy) is 2. The van der Waals surface area contributed by atoms with E-state index < -0.39 is 0 Å². The number of fused-ring (bicyclic) bond motifs is 1. The quantitative estimate of drug-likeness (QED) is 0.347. The van der Waals surface area contributed by atoms with Gasteiger partial charge in [-0.05, 0) is 56.2 Å². The lowest BCUT2D eigenvalue weighted by Gasteiger charge is -2.18. The lowest BCUT2D eigenvalue weighted by atomic mass is 10.0. The highest BCUT2D eigenvalue weighted by Crippen LogP contribution is 2.35. The molecule has 2 aromatic carbocycles. The van der Waals surface area contributed by atoms with Gasteiger partial charge in [-0.3, -0.25) is 4.79 Å². The molecule has 0 aliphatic carbocycles. The van der Waals surface area contributed by atoms with Crippen molar-refractivity contribution in [3.05, 3.63) is 64.8 Å². The Morgan fingerprint density at radius 2 is 1.78 bits per heavy atom. The van der Waals surface area contributed by atoms with E-state index in [2.05, 4.69) is 40.4 Å². The standard InChI is InChI=1S/C25H25N3O3S/c1-14(17-7-6-8-18(11-17)24-10-9-23(32-24)15(2)29)26-25-19-12-21(30-4)22(31-5)13-20(19)27-16(3)28-25/h6-14H,1-5H3,(H,26,27,28). The monoisotopic (exact) mass is 447 g/mol. The summed E-state index contributed by atoms with van der Waals surface area (Å²) >= 11 is 1.51. The molecule has 2 heterocycles. The van der Waals surface area contributed by atoms with Crippen LogP contribution in [0.25, 0.3) is 21.3 Å². The molecule has 1 N–H and O–H groups in total. The first kappa shape index (κ1) is 21.8. The molecular weight excluding hydrogens is 422 g/mol. The Kier molecular flexibility index (Phi) is 6.10. The third-order valence-corrected chi connectivity index (χ3v) is 6.53. The van der Waals surface area contributed by atoms with E-state index in [0.29, 0.717) is 17.3 Å². The normalized spacial score (nSPS) is 11.9. The van der Waals surface area contributed by atoms with Crippen molar-refractivity contribution < 1.29 is 14.3 Å². The minimum atomic E-state index is -0.00668. The van der Waals surface area contributed by atoms with Crippen LogP contribution in [0.15, 0.2) is 48.5 Å². The summed E-state index contributed by atoms with van der Waals surface area (Å²) < 4.78 is 10.9. The zero-order valence-electron chi connectivity index (χ0n) is 18.7. The highest BCUT2D eigenvalue weighted by Gasteiger charge is 2.15. The predicted molar refractivity (Wildman–Crippen MR) is 129 cm³/mol. The van der Waals surface area contributed by atoms with Gasteiger partial charge >= 0.3 is 0 Å². The van der Waals surface area contributed by atoms with E-state index in [9.17, 15) is 4.79 Å². The third kappa shape index (κ3) is 4.29. The summed E-state index contributed by atoms with van der Waals surface area (Å²) in [6.45, 7) is 5.56. The Bertz CT molecular complexity index is 1300. The molecule has 0 aliphatic rings. The Hall–Kier alpha value is -3.45. The summed E-state index contributed by atoms with van der Waals surface area (Å²) in [5, 5.41) is 4.40. The number of benzene rings is 2. The van der Waals surface area contributed by atoms with E-state index in [1.54, 1.807) is 21.1 Å². The number of aromatic nitrogens is 2. The van der Waals surface area contributed by atoms with Crippen LogP contribution in [0.5, 0.6) is 11.5 Å². The van der Waals surface area contributed by atoms with Crippen LogP contribution in [0.4, 0.5) is 5.82 Å². The first-order valence-electron chi connectivity index (χ1n) is 10.3. The van der Waals surface area contributed by atoms with Gasteiger partial charge < -0.3 is 14.8 Å². The van der Waals surface area contributed by atoms with Crippen LogP contribution in [0.3, 0.4) is 0 Å². The van der Waals surface area contributed by atoms with Gasteiger partial charge in [-0.2, -0.15) is 0 Å². The van der Waals surface area contributed by atoms with Crippen molar-refractivity contribution >= 4 is 33.8 Å². The van der Waals surface area contributed by atoms with E-state index in [-0.39, 0.29) is 11.8 Å². The molecule has 164 valence electrons. The first-order valence-corrected chi connectivity index (χ1v) is 11.1. The molecule has 0 bridgehead atoms. The number of carbonyl (C=O) groups is 1. The van der Waals surface area contributed by atoms with Crippen molar-refractivity contribution in [3.8, 4) is 21.9 Å². The van der Waals surface area contributed by atoms with Crippen molar-refractivity contribution in [2.75, 3.05) is 19.5 Å². The largest absolute Gasteiger partial charge is 0.493 e. The van der Waals surface area contributed by atoms with Gasteiger partial charge in [0.2, 0.25) is 0 Å². The number of nitrogens with zero attached hydrogens (tertiary/aromatic N) is 2. The van der Waals surface area contributed by atoms with E-state index in [1.807, 2.05) is 37.3 Å². The summed E-state index contributed by atoms with van der Waals surface area (Å²) in [5.41, 5.74) is 2.99. The summed E-state index contributed by atoms with van der Waals surface area (Å²) in [7, 11) is 3.22. The Morgan fingerprint density at radius 3 is 2.47 bits per heavy atom. The molecule has 6 nitrogen and oxygen atoms in total. The van der Waals surface area contributed by atoms with Crippen molar-refractivity contribution in [1.82, 2.24) is 9.97 Å². The fraction of sp³-hybridized carbons (Fsp3) is 0.240. The van der Waals surface area contributed by atoms with Gasteiger partial charge in [0.15, 0.2) is 17.3 Å². The molecule has 0 radical (unpaired) electrons. The number of rotatable bonds is 7. The number of methoxy groups -OCH3 is 2. The number of anilines is 1. The molecule has 0 fully saturated rings. The topological polar surface area (TPSA) is 73.3 Å². The second kappa shape index (κ2) is 8.96. The highest BCUT2D eigenvalue weighted by atomic mass is 32.1. The number of hydrogen-bond donors (Lipinski definition) is 1. The van der Waals surface area contributed by atoms with E-state index >= 15 is 0 Å². The molecule has 4 aromatic rings. The average molecular weight is 448 g/mol. The molecule has 2 aromatic heterocycles. The van der Waals surface area contributed by atoms with Crippen LogP contribution < -0.4 is 14.8 Å². The lowest BCUT2D eigenvalue weighted by molar-refractivity contribution is 0.102. The van der Waals surface area contributed by atoms with E-state index in [4.69, 9.17) is 9.47 Å². The number of Topliss-reactive ketones (excluding diaryl/α,β-unsaturated/α-hetero) is 1. The maximum atomic E-state index is 11.7. The lowest BCUT2D eigenvalue weighted by Crippen LogP contribution is -2.10. The molecule has 4 rings (SSSR count). The van der Waals surface area contributed by atoms with Crippen molar-refractivity contribution in [3.63, 3.8) is 0 Å². The molecule has 1 unspecified atom stereocenters. The fourth-order valence-electron chi connectivity index (χ4n) is 3.61. The molecule has 0 aliphatic heterocycles. The minimum absolute atomic E-state index is 0.00668. The summed E-state index contributed by atoms with van der Waals surface area (Å²) in [6, 6.07) is 16.0. The smallest absolute Gasteiger partial charge is 0.169 e. The molecule has 32 heavy (non-hydrogen) atoms. The predicted octanol–water partition coefficient (Wildman–Crippen LogP) is 6.06. The Labute approximate surface area is 191 Å². The Morgan fingerprint density at radius 1 is 1.03 bits per heavy atom. The maximum Gasteiger partial charge on any atom is 0.169 e. The maximum absolute atomic E-state index is 11.7. The van der Waals surface area contributed by atoms with Crippen LogP contribution in [0.2, 0.25) is 0 Å². The van der Waals surface area contributed by atoms with Crippen LogP contribution in [0.1, 0.15) is 40.9 Å². The van der Waals surface area contributed by atoms with Crippen LogP contribution in [-0.2, 0) is 0 Å². The second-order valence-electron chi connectivity index (χ2n) is 7.56. The van der Waals surface area contributed by atoms with Gasteiger partial charge in [-0.1, -0.05) is 18.2 Å². The summed E-state index contributed by atoms with van der Waals surface area (Å²) in [5.74, 6) is 2.75. The minimum Gasteiger partial charge on any atom is -0.493 e. The van der Waals surface area contributed by atoms with Crippen molar-refractivity contribution in [2.24, 2.45) is 0 Å². The van der Waals surface area contributed by atoms with Gasteiger partial charge in [0.05, 0.1) is 24.6 Å². The van der Waals surface area contributed by atoms with Gasteiger partial charge in [-0.15, -0.1) is 11.3 Å². The molecule has 0 spiro atoms. The van der Waals surface area contributed by atoms with Crippen LogP contribution in [-0.4, -0.2) is 30.0 Å². The van der Waals surface area contributed by atoms with Crippen molar-refractivity contribution in [1.29, 1.82) is 0 Å². The van der Waals surface area contributed by atoms with Gasteiger partial charge in [-0.25, -0.2) is 9.97 Å². The third-order valence-electron chi connectivity index (χ3n) is 5.29. The number of ketones is 1. The van der Waals surface area contributed by atoms with Gasteiger partial charge in [0.25, 0.3) is 0 Å². The number of hydrogen-bond acceptors (Lipinski definition) is 7. The molecule has 7 heteroatoms. The molecule has 0 saturated heterocycles. The molecule has 0 saturated carbocycles. The Balaban J connectivity index is 1.68. The summed E-state index contributed by atoms with van der Waals surface area (Å²) in [6.07, 6.45) is 0. The molecule has 0 amide bonds. The average Bonchev–Trinajstić information content (AvgIpc) is 3.29. The zero-order valence-corrected chi connectivity index (χ0v) is 19.5. The number of carbonyl (C=O) groups excluding carboxylic acids is 1. The van der Waals surface area contributed by atoms with E-state index in [0.717, 1.165) is 37.6 Å². The molecule has 1 atom stereocenters. The van der Waals surface area contributed by atoms with E-state index in [1.165, 1.54) is 11.3 Å². The number of thiophene rings is 1. The second-order valence-corrected chi connectivity index (χ2v) is 8.64. The SMILES string of the molecule is COc1cc2nc(C)nc(NC(C)c3cccc(-c4ccc(C(C)=O)s4)c3)c2cc1OC. The highest BCUT2D eigenvalue weighted by molar-refractivity contribution is 7.17. The number of aryl methyl sites for hydroxylation is 1. The first-order chi connectivity index (χ1) is 15.4. The molecular formula is C25H25N3O3S. The van der Waals surface area contributed by atoms with Gasteiger partial charge in [0.1, 0.15) is 11.6 Å². The zero-order chi connectivity index (χ0) is 22.8. The van der Waals surface area contributed by atoms with Crippen molar-refractivity contribution in [2.45, 2.75) is 26.8 Å². The van der Waals surface area contributed by atoms with Crippen LogP contribution >= 0.6 is 11.3 Å². The van der Waals surface area contributed by atoms with Gasteiger partial charge in [0, 0.05) is 22.4 Å². The van der Waals surface area contributed by atoms with Crippen LogP contribution in [0, 0.1) is 6.92 Å². The fourth-order valence-corrected chi connectivity index (χ4v) is 4.51. The number of nitrogens with one attached hydrogen (secondary N) is 1. The summed E-state index contributed by atoms with van der Waals surface area (Å²) in [4.78, 5) is 22.7.